The summed E-state index contributed by atoms with van der Waals surface area (Å²) in [4.78, 5) is 33.5. The average Bonchev–Trinajstić information content (AvgIpc) is 3.47. The van der Waals surface area contributed by atoms with Crippen LogP contribution in [-0.2, 0) is 24.3 Å². The zero-order chi connectivity index (χ0) is 26.1. The quantitative estimate of drug-likeness (QED) is 0.313. The van der Waals surface area contributed by atoms with Crippen LogP contribution in [0.4, 0.5) is 5.82 Å². The smallest absolute Gasteiger partial charge is 0.267 e. The van der Waals surface area contributed by atoms with E-state index in [1.165, 1.54) is 11.3 Å². The average molecular weight is 518 g/mol. The first-order chi connectivity index (χ1) is 17.9. The standard InChI is InChI=1S/C29H31N3O4S/c1-4-21-26-18(16-36-3)9-10-22(17(2)33)27(26)37-28(21)29(35)31-25-13-19(14-32-12-11-20(34)15-32)23-7-5-6-8-24(23)30-25/h5-10,13,20,34H,4,11-12,14-16H2,1-3H3,(H,30,31,35)/t20-/m1/s1. The van der Waals surface area contributed by atoms with E-state index in [1.807, 2.05) is 49.4 Å². The molecule has 1 fully saturated rings. The Morgan fingerprint density at radius 2 is 2.03 bits per heavy atom. The summed E-state index contributed by atoms with van der Waals surface area (Å²) in [7, 11) is 1.64. The van der Waals surface area contributed by atoms with Crippen LogP contribution in [0, 0.1) is 0 Å². The molecule has 2 N–H and O–H groups in total. The van der Waals surface area contributed by atoms with Gasteiger partial charge in [0, 0.05) is 47.8 Å². The van der Waals surface area contributed by atoms with E-state index < -0.39 is 0 Å². The van der Waals surface area contributed by atoms with Gasteiger partial charge < -0.3 is 15.2 Å². The highest BCUT2D eigenvalue weighted by atomic mass is 32.1. The molecule has 0 radical (unpaired) electrons. The number of rotatable bonds is 8. The molecule has 0 saturated carbocycles. The summed E-state index contributed by atoms with van der Waals surface area (Å²) < 4.78 is 6.23. The van der Waals surface area contributed by atoms with Crippen LogP contribution in [0.3, 0.4) is 0 Å². The first-order valence-corrected chi connectivity index (χ1v) is 13.4. The lowest BCUT2D eigenvalue weighted by molar-refractivity contribution is 0.101. The van der Waals surface area contributed by atoms with E-state index in [2.05, 4.69) is 10.2 Å². The number of methoxy groups -OCH3 is 1. The van der Waals surface area contributed by atoms with Crippen LogP contribution in [0.2, 0.25) is 0 Å². The molecule has 8 heteroatoms. The number of pyridine rings is 1. The molecule has 3 heterocycles. The molecule has 5 rings (SSSR count). The van der Waals surface area contributed by atoms with E-state index in [0.717, 1.165) is 50.6 Å². The van der Waals surface area contributed by atoms with E-state index >= 15 is 0 Å². The lowest BCUT2D eigenvalue weighted by Crippen LogP contribution is -2.22. The summed E-state index contributed by atoms with van der Waals surface area (Å²) in [6, 6.07) is 13.6. The van der Waals surface area contributed by atoms with Gasteiger partial charge in [-0.3, -0.25) is 14.5 Å². The van der Waals surface area contributed by atoms with Crippen molar-refractivity contribution in [3.63, 3.8) is 0 Å². The van der Waals surface area contributed by atoms with Gasteiger partial charge in [0.15, 0.2) is 5.78 Å². The van der Waals surface area contributed by atoms with Crippen molar-refractivity contribution in [3.8, 4) is 0 Å². The fourth-order valence-corrected chi connectivity index (χ4v) is 6.62. The van der Waals surface area contributed by atoms with E-state index in [9.17, 15) is 14.7 Å². The molecule has 37 heavy (non-hydrogen) atoms. The summed E-state index contributed by atoms with van der Waals surface area (Å²) >= 11 is 1.35. The number of anilines is 1. The van der Waals surface area contributed by atoms with Crippen molar-refractivity contribution in [2.45, 2.75) is 45.9 Å². The minimum Gasteiger partial charge on any atom is -0.392 e. The van der Waals surface area contributed by atoms with E-state index in [0.29, 0.717) is 42.4 Å². The number of carbonyl (C=O) groups excluding carboxylic acids is 2. The van der Waals surface area contributed by atoms with Gasteiger partial charge in [-0.15, -0.1) is 11.3 Å². The highest BCUT2D eigenvalue weighted by Crippen LogP contribution is 2.38. The number of β-amino-alcohol motifs (C(OH)–C–C–N with tert-alkyl or cyclic N) is 1. The number of fused-ring (bicyclic) bond motifs is 2. The molecule has 1 aliphatic rings. The number of hydrogen-bond acceptors (Lipinski definition) is 7. The zero-order valence-electron chi connectivity index (χ0n) is 21.3. The first kappa shape index (κ1) is 25.5. The molecule has 192 valence electrons. The lowest BCUT2D eigenvalue weighted by atomic mass is 9.99. The number of ether oxygens (including phenoxy) is 1. The summed E-state index contributed by atoms with van der Waals surface area (Å²) in [6.07, 6.45) is 1.12. The third-order valence-corrected chi connectivity index (χ3v) is 8.21. The van der Waals surface area contributed by atoms with Crippen LogP contribution in [0.5, 0.6) is 0 Å². The van der Waals surface area contributed by atoms with Gasteiger partial charge in [0.05, 0.1) is 23.1 Å². The summed E-state index contributed by atoms with van der Waals surface area (Å²) in [5.74, 6) is 0.223. The van der Waals surface area contributed by atoms with Crippen LogP contribution >= 0.6 is 11.3 Å². The predicted molar refractivity (Wildman–Crippen MR) is 148 cm³/mol. The number of para-hydroxylation sites is 1. The molecule has 7 nitrogen and oxygen atoms in total. The molecule has 0 unspecified atom stereocenters. The zero-order valence-corrected chi connectivity index (χ0v) is 22.2. The van der Waals surface area contributed by atoms with Crippen LogP contribution < -0.4 is 5.32 Å². The number of amides is 1. The second kappa shape index (κ2) is 10.7. The SMILES string of the molecule is CCc1c(C(=O)Nc2cc(CN3CC[C@@H](O)C3)c3ccccc3n2)sc2c(C(C)=O)ccc(COC)c12. The van der Waals surface area contributed by atoms with Gasteiger partial charge >= 0.3 is 0 Å². The molecule has 1 saturated heterocycles. The fourth-order valence-electron chi connectivity index (χ4n) is 5.22. The minimum absolute atomic E-state index is 0.0299. The number of benzene rings is 2. The van der Waals surface area contributed by atoms with Crippen LogP contribution in [-0.4, -0.2) is 53.0 Å². The maximum absolute atomic E-state index is 13.6. The summed E-state index contributed by atoms with van der Waals surface area (Å²) in [5, 5.41) is 15.0. The van der Waals surface area contributed by atoms with E-state index in [-0.39, 0.29) is 17.8 Å². The maximum Gasteiger partial charge on any atom is 0.267 e. The van der Waals surface area contributed by atoms with E-state index in [4.69, 9.17) is 9.72 Å². The van der Waals surface area contributed by atoms with Crippen LogP contribution in [0.15, 0.2) is 42.5 Å². The second-order valence-corrected chi connectivity index (χ2v) is 10.6. The number of aliphatic hydroxyl groups excluding tert-OH is 1. The number of carbonyl (C=O) groups is 2. The van der Waals surface area contributed by atoms with Gasteiger partial charge in [-0.1, -0.05) is 31.2 Å². The number of ketones is 1. The predicted octanol–water partition coefficient (Wildman–Crippen LogP) is 5.18. The van der Waals surface area contributed by atoms with Gasteiger partial charge in [0.2, 0.25) is 0 Å². The van der Waals surface area contributed by atoms with Crippen molar-refractivity contribution in [3.05, 3.63) is 69.6 Å². The highest BCUT2D eigenvalue weighted by Gasteiger charge is 2.24. The number of thiophene rings is 1. The van der Waals surface area contributed by atoms with E-state index in [1.54, 1.807) is 14.0 Å². The molecule has 2 aromatic carbocycles. The lowest BCUT2D eigenvalue weighted by Gasteiger charge is -2.17. The van der Waals surface area contributed by atoms with Crippen molar-refractivity contribution >= 4 is 49.8 Å². The third kappa shape index (κ3) is 5.02. The number of nitrogens with zero attached hydrogens (tertiary/aromatic N) is 2. The van der Waals surface area contributed by atoms with Crippen molar-refractivity contribution in [2.24, 2.45) is 0 Å². The van der Waals surface area contributed by atoms with Gasteiger partial charge in [-0.2, -0.15) is 0 Å². The van der Waals surface area contributed by atoms with Crippen molar-refractivity contribution in [1.29, 1.82) is 0 Å². The number of hydrogen-bond donors (Lipinski definition) is 2. The summed E-state index contributed by atoms with van der Waals surface area (Å²) in [6.45, 7) is 6.13. The normalized spacial score (nSPS) is 16.1. The molecule has 1 amide bonds. The molecule has 0 spiro atoms. The maximum atomic E-state index is 13.6. The third-order valence-electron chi connectivity index (χ3n) is 6.95. The molecule has 1 aliphatic heterocycles. The van der Waals surface area contributed by atoms with Crippen LogP contribution in [0.25, 0.3) is 21.0 Å². The van der Waals surface area contributed by atoms with Crippen LogP contribution in [0.1, 0.15) is 57.0 Å². The molecule has 4 aromatic rings. The van der Waals surface area contributed by atoms with Gasteiger partial charge in [0.25, 0.3) is 5.91 Å². The largest absolute Gasteiger partial charge is 0.392 e. The number of Topliss-reactive ketones (excluding diaryl/α,β-unsaturated/α-hetero) is 1. The van der Waals surface area contributed by atoms with Gasteiger partial charge in [-0.05, 0) is 54.7 Å². The molecule has 1 atom stereocenters. The highest BCUT2D eigenvalue weighted by molar-refractivity contribution is 7.21. The summed E-state index contributed by atoms with van der Waals surface area (Å²) in [5.41, 5.74) is 4.37. The molecular weight excluding hydrogens is 486 g/mol. The van der Waals surface area contributed by atoms with Gasteiger partial charge in [0.1, 0.15) is 5.82 Å². The Labute approximate surface area is 220 Å². The Morgan fingerprint density at radius 3 is 2.73 bits per heavy atom. The number of nitrogens with one attached hydrogen (secondary N) is 1. The number of aryl methyl sites for hydroxylation is 1. The first-order valence-electron chi connectivity index (χ1n) is 12.6. The molecule has 2 aromatic heterocycles. The molecule has 0 aliphatic carbocycles. The Morgan fingerprint density at radius 1 is 1.22 bits per heavy atom. The number of aromatic nitrogens is 1. The second-order valence-electron chi connectivity index (χ2n) is 9.54. The molecule has 0 bridgehead atoms. The number of aliphatic hydroxyl groups is 1. The Hall–Kier alpha value is -3.17. The van der Waals surface area contributed by atoms with Crippen molar-refractivity contribution in [1.82, 2.24) is 9.88 Å². The van der Waals surface area contributed by atoms with Gasteiger partial charge in [-0.25, -0.2) is 4.98 Å². The minimum atomic E-state index is -0.296. The Bertz CT molecular complexity index is 1500. The Kier molecular flexibility index (Phi) is 7.35. The monoisotopic (exact) mass is 517 g/mol. The topological polar surface area (TPSA) is 91.8 Å². The fraction of sp³-hybridized carbons (Fsp3) is 0.345. The number of likely N-dealkylation sites (tertiary alicyclic amines) is 1. The molecular formula is C29H31N3O4S. The van der Waals surface area contributed by atoms with Crippen molar-refractivity contribution < 1.29 is 19.4 Å². The Balaban J connectivity index is 1.54. The van der Waals surface area contributed by atoms with Crippen molar-refractivity contribution in [2.75, 3.05) is 25.5 Å².